The van der Waals surface area contributed by atoms with Crippen molar-refractivity contribution in [3.05, 3.63) is 82.1 Å². The smallest absolute Gasteiger partial charge is 0.368 e. The van der Waals surface area contributed by atoms with Crippen molar-refractivity contribution in [2.24, 2.45) is 0 Å². The topological polar surface area (TPSA) is 78.7 Å². The van der Waals surface area contributed by atoms with Gasteiger partial charge < -0.3 is 4.42 Å². The highest BCUT2D eigenvalue weighted by molar-refractivity contribution is 6.32. The molecule has 0 aliphatic carbocycles. The van der Waals surface area contributed by atoms with Crippen molar-refractivity contribution in [1.29, 1.82) is 0 Å². The first-order chi connectivity index (χ1) is 12.2. The van der Waals surface area contributed by atoms with Gasteiger partial charge in [0.25, 0.3) is 0 Å². The summed E-state index contributed by atoms with van der Waals surface area (Å²) in [5.41, 5.74) is 1.51. The van der Waals surface area contributed by atoms with Crippen LogP contribution in [0.1, 0.15) is 5.69 Å². The molecule has 124 valence electrons. The fraction of sp³-hybridized carbons (Fsp3) is 0.0588. The van der Waals surface area contributed by atoms with E-state index in [1.54, 1.807) is 24.3 Å². The van der Waals surface area contributed by atoms with Gasteiger partial charge in [0, 0.05) is 5.56 Å². The fourth-order valence-electron chi connectivity index (χ4n) is 2.39. The van der Waals surface area contributed by atoms with Crippen LogP contribution in [0, 0.1) is 0 Å². The molecule has 25 heavy (non-hydrogen) atoms. The number of oxazole rings is 1. The lowest BCUT2D eigenvalue weighted by atomic mass is 10.2. The first-order valence-electron chi connectivity index (χ1n) is 7.50. The van der Waals surface area contributed by atoms with Crippen molar-refractivity contribution in [1.82, 2.24) is 24.8 Å². The molecule has 0 bridgehead atoms. The minimum Gasteiger partial charge on any atom is -0.444 e. The maximum Gasteiger partial charge on any atom is 0.368 e. The molecule has 0 aliphatic heterocycles. The standard InChI is InChI=1S/C17H12ClN5O2/c18-14-8-4-5-9-15(14)23-17(24)22(20-21-23)10-13-11-25-16(19-13)12-6-2-1-3-7-12/h1-9,11H,10H2. The van der Waals surface area contributed by atoms with E-state index in [2.05, 4.69) is 15.4 Å². The monoisotopic (exact) mass is 353 g/mol. The van der Waals surface area contributed by atoms with Crippen LogP contribution in [-0.4, -0.2) is 24.8 Å². The maximum absolute atomic E-state index is 12.5. The Hall–Kier alpha value is -3.19. The Morgan fingerprint density at radius 2 is 1.76 bits per heavy atom. The van der Waals surface area contributed by atoms with Crippen molar-refractivity contribution < 1.29 is 4.42 Å². The van der Waals surface area contributed by atoms with Gasteiger partial charge in [0.1, 0.15) is 12.0 Å². The van der Waals surface area contributed by atoms with Gasteiger partial charge in [-0.2, -0.15) is 9.36 Å². The number of nitrogens with zero attached hydrogens (tertiary/aromatic N) is 5. The van der Waals surface area contributed by atoms with Crippen LogP contribution in [0.15, 0.2) is 70.1 Å². The van der Waals surface area contributed by atoms with Crippen LogP contribution in [0.2, 0.25) is 5.02 Å². The van der Waals surface area contributed by atoms with Crippen LogP contribution in [0.25, 0.3) is 17.1 Å². The first kappa shape index (κ1) is 15.3. The van der Waals surface area contributed by atoms with Gasteiger partial charge in [-0.3, -0.25) is 0 Å². The van der Waals surface area contributed by atoms with Gasteiger partial charge in [0.05, 0.1) is 17.3 Å². The summed E-state index contributed by atoms with van der Waals surface area (Å²) >= 11 is 6.11. The molecule has 0 aliphatic rings. The van der Waals surface area contributed by atoms with Crippen LogP contribution >= 0.6 is 11.6 Å². The Labute approximate surface area is 147 Å². The summed E-state index contributed by atoms with van der Waals surface area (Å²) in [6.07, 6.45) is 1.50. The summed E-state index contributed by atoms with van der Waals surface area (Å²) < 4.78 is 7.83. The van der Waals surface area contributed by atoms with Crippen LogP contribution in [0.3, 0.4) is 0 Å². The summed E-state index contributed by atoms with van der Waals surface area (Å²) in [5.74, 6) is 0.488. The number of benzene rings is 2. The van der Waals surface area contributed by atoms with E-state index in [0.717, 1.165) is 10.2 Å². The molecular formula is C17H12ClN5O2. The molecule has 0 radical (unpaired) electrons. The Morgan fingerprint density at radius 1 is 1.00 bits per heavy atom. The second-order valence-electron chi connectivity index (χ2n) is 5.29. The Morgan fingerprint density at radius 3 is 2.56 bits per heavy atom. The molecule has 2 aromatic heterocycles. The van der Waals surface area contributed by atoms with E-state index in [9.17, 15) is 4.79 Å². The zero-order chi connectivity index (χ0) is 17.2. The second kappa shape index (κ2) is 6.37. The lowest BCUT2D eigenvalue weighted by Gasteiger charge is -2.00. The van der Waals surface area contributed by atoms with Crippen LogP contribution in [-0.2, 0) is 6.54 Å². The molecule has 0 saturated carbocycles. The van der Waals surface area contributed by atoms with Crippen LogP contribution in [0.5, 0.6) is 0 Å². The zero-order valence-electron chi connectivity index (χ0n) is 12.9. The van der Waals surface area contributed by atoms with Gasteiger partial charge in [-0.25, -0.2) is 9.78 Å². The molecule has 7 nitrogen and oxygen atoms in total. The fourth-order valence-corrected chi connectivity index (χ4v) is 2.61. The van der Waals surface area contributed by atoms with Crippen LogP contribution < -0.4 is 5.69 Å². The van der Waals surface area contributed by atoms with Crippen LogP contribution in [0.4, 0.5) is 0 Å². The average molecular weight is 354 g/mol. The molecule has 2 aromatic carbocycles. The van der Waals surface area contributed by atoms with Gasteiger partial charge in [-0.1, -0.05) is 41.9 Å². The number of tetrazole rings is 1. The summed E-state index contributed by atoms with van der Waals surface area (Å²) in [5, 5.41) is 8.19. The quantitative estimate of drug-likeness (QED) is 0.563. The minimum atomic E-state index is -0.405. The number of aromatic nitrogens is 5. The number of halogens is 1. The Balaban J connectivity index is 1.62. The van der Waals surface area contributed by atoms with Gasteiger partial charge in [-0.15, -0.1) is 0 Å². The molecule has 0 amide bonds. The molecule has 4 rings (SSSR count). The number of hydrogen-bond donors (Lipinski definition) is 0. The van der Waals surface area contributed by atoms with E-state index >= 15 is 0 Å². The van der Waals surface area contributed by atoms with Crippen molar-refractivity contribution in [2.75, 3.05) is 0 Å². The Kier molecular flexibility index (Phi) is 3.91. The lowest BCUT2D eigenvalue weighted by Crippen LogP contribution is -2.25. The predicted molar refractivity (Wildman–Crippen MR) is 91.7 cm³/mol. The molecule has 4 aromatic rings. The minimum absolute atomic E-state index is 0.152. The maximum atomic E-state index is 12.5. The van der Waals surface area contributed by atoms with E-state index in [-0.39, 0.29) is 6.54 Å². The largest absolute Gasteiger partial charge is 0.444 e. The molecule has 0 spiro atoms. The Bertz CT molecular complexity index is 1070. The molecule has 8 heteroatoms. The third-order valence-corrected chi connectivity index (χ3v) is 3.92. The highest BCUT2D eigenvalue weighted by Gasteiger charge is 2.14. The molecule has 0 saturated heterocycles. The zero-order valence-corrected chi connectivity index (χ0v) is 13.7. The van der Waals surface area contributed by atoms with Crippen molar-refractivity contribution >= 4 is 11.6 Å². The van der Waals surface area contributed by atoms with E-state index in [1.165, 1.54) is 10.9 Å². The van der Waals surface area contributed by atoms with E-state index in [0.29, 0.717) is 22.3 Å². The van der Waals surface area contributed by atoms with Gasteiger partial charge in [-0.05, 0) is 34.7 Å². The summed E-state index contributed by atoms with van der Waals surface area (Å²) in [4.78, 5) is 16.9. The SMILES string of the molecule is O=c1n(Cc2coc(-c3ccccc3)n2)nnn1-c1ccccc1Cl. The van der Waals surface area contributed by atoms with E-state index < -0.39 is 5.69 Å². The third kappa shape index (κ3) is 2.97. The summed E-state index contributed by atoms with van der Waals surface area (Å²) in [7, 11) is 0. The second-order valence-corrected chi connectivity index (χ2v) is 5.70. The highest BCUT2D eigenvalue weighted by Crippen LogP contribution is 2.19. The molecule has 0 N–H and O–H groups in total. The van der Waals surface area contributed by atoms with Gasteiger partial charge >= 0.3 is 5.69 Å². The van der Waals surface area contributed by atoms with Gasteiger partial charge in [0.15, 0.2) is 0 Å². The molecule has 0 fully saturated rings. The molecule has 0 unspecified atom stereocenters. The summed E-state index contributed by atoms with van der Waals surface area (Å²) in [6, 6.07) is 16.5. The number of rotatable bonds is 4. The predicted octanol–water partition coefficient (Wildman–Crippen LogP) is 2.79. The average Bonchev–Trinajstić information content (AvgIpc) is 3.25. The van der Waals surface area contributed by atoms with E-state index in [4.69, 9.17) is 16.0 Å². The third-order valence-electron chi connectivity index (χ3n) is 3.60. The number of hydrogen-bond acceptors (Lipinski definition) is 5. The van der Waals surface area contributed by atoms with Crippen molar-refractivity contribution in [3.8, 4) is 17.1 Å². The van der Waals surface area contributed by atoms with E-state index in [1.807, 2.05) is 30.3 Å². The highest BCUT2D eigenvalue weighted by atomic mass is 35.5. The van der Waals surface area contributed by atoms with Crippen molar-refractivity contribution in [2.45, 2.75) is 6.54 Å². The molecular weight excluding hydrogens is 342 g/mol. The first-order valence-corrected chi connectivity index (χ1v) is 7.88. The van der Waals surface area contributed by atoms with Gasteiger partial charge in [0.2, 0.25) is 5.89 Å². The number of para-hydroxylation sites is 1. The lowest BCUT2D eigenvalue weighted by molar-refractivity contribution is 0.567. The normalized spacial score (nSPS) is 10.9. The molecule has 2 heterocycles. The molecule has 0 atom stereocenters. The summed E-state index contributed by atoms with van der Waals surface area (Å²) in [6.45, 7) is 0.152. The van der Waals surface area contributed by atoms with Crippen molar-refractivity contribution in [3.63, 3.8) is 0 Å².